The summed E-state index contributed by atoms with van der Waals surface area (Å²) >= 11 is 0. The number of allylic oxidation sites excluding steroid dienone is 5. The summed E-state index contributed by atoms with van der Waals surface area (Å²) < 4.78 is 0. The monoisotopic (exact) mass is 135 g/mol. The highest BCUT2D eigenvalue weighted by atomic mass is 14.9. The van der Waals surface area contributed by atoms with Crippen LogP contribution in [0.1, 0.15) is 13.3 Å². The topological polar surface area (TPSA) is 12.0 Å². The van der Waals surface area contributed by atoms with Gasteiger partial charge in [0.15, 0.2) is 0 Å². The first-order valence-electron chi connectivity index (χ1n) is 3.62. The van der Waals surface area contributed by atoms with E-state index < -0.39 is 0 Å². The van der Waals surface area contributed by atoms with Crippen LogP contribution >= 0.6 is 0 Å². The van der Waals surface area contributed by atoms with Crippen LogP contribution in [-0.2, 0) is 0 Å². The third kappa shape index (κ3) is 2.53. The lowest BCUT2D eigenvalue weighted by molar-refractivity contribution is 0.898. The van der Waals surface area contributed by atoms with Crippen molar-refractivity contribution < 1.29 is 0 Å². The van der Waals surface area contributed by atoms with Crippen molar-refractivity contribution in [2.75, 3.05) is 6.54 Å². The van der Waals surface area contributed by atoms with Gasteiger partial charge in [-0.2, -0.15) is 0 Å². The molecule has 0 aromatic carbocycles. The molecule has 0 unspecified atom stereocenters. The lowest BCUT2D eigenvalue weighted by Gasteiger charge is -2.00. The molecule has 0 radical (unpaired) electrons. The van der Waals surface area contributed by atoms with Gasteiger partial charge < -0.3 is 5.32 Å². The molecule has 1 N–H and O–H groups in total. The van der Waals surface area contributed by atoms with Crippen molar-refractivity contribution >= 4 is 0 Å². The zero-order valence-electron chi connectivity index (χ0n) is 6.30. The molecule has 0 aliphatic carbocycles. The second kappa shape index (κ2) is 3.94. The Morgan fingerprint density at radius 2 is 2.10 bits per heavy atom. The van der Waals surface area contributed by atoms with Gasteiger partial charge >= 0.3 is 0 Å². The standard InChI is InChI=1S/C9H13N/c1-9-7-5-3-2-4-6-8-10-9/h2-4,6-7,10H,5,8H2,1H3/b3-2-,6-4-,9-7-. The van der Waals surface area contributed by atoms with Crippen LogP contribution in [0.2, 0.25) is 0 Å². The maximum atomic E-state index is 3.26. The Kier molecular flexibility index (Phi) is 2.81. The molecule has 0 aromatic heterocycles. The zero-order valence-corrected chi connectivity index (χ0v) is 6.30. The fourth-order valence-electron chi connectivity index (χ4n) is 0.841. The van der Waals surface area contributed by atoms with Gasteiger partial charge in [0.05, 0.1) is 0 Å². The largest absolute Gasteiger partial charge is 0.385 e. The molecule has 0 saturated heterocycles. The van der Waals surface area contributed by atoms with Crippen molar-refractivity contribution in [1.82, 2.24) is 5.32 Å². The van der Waals surface area contributed by atoms with Crippen molar-refractivity contribution in [1.29, 1.82) is 0 Å². The van der Waals surface area contributed by atoms with E-state index in [4.69, 9.17) is 0 Å². The quantitative estimate of drug-likeness (QED) is 0.535. The van der Waals surface area contributed by atoms with Crippen LogP contribution in [0, 0.1) is 0 Å². The van der Waals surface area contributed by atoms with E-state index in [1.165, 1.54) is 5.70 Å². The van der Waals surface area contributed by atoms with E-state index in [0.29, 0.717) is 0 Å². The Morgan fingerprint density at radius 1 is 1.30 bits per heavy atom. The number of hydrogen-bond donors (Lipinski definition) is 1. The van der Waals surface area contributed by atoms with Crippen molar-refractivity contribution in [3.8, 4) is 0 Å². The molecule has 1 heterocycles. The van der Waals surface area contributed by atoms with E-state index in [1.54, 1.807) is 0 Å². The second-order valence-electron chi connectivity index (χ2n) is 2.36. The Labute approximate surface area is 62.1 Å². The maximum absolute atomic E-state index is 3.26. The molecular weight excluding hydrogens is 122 g/mol. The van der Waals surface area contributed by atoms with E-state index in [9.17, 15) is 0 Å². The molecule has 1 aliphatic heterocycles. The highest BCUT2D eigenvalue weighted by molar-refractivity contribution is 5.10. The molecule has 1 rings (SSSR count). The van der Waals surface area contributed by atoms with E-state index in [2.05, 4.69) is 42.6 Å². The van der Waals surface area contributed by atoms with Gasteiger partial charge in [-0.25, -0.2) is 0 Å². The Morgan fingerprint density at radius 3 is 3.00 bits per heavy atom. The van der Waals surface area contributed by atoms with Crippen molar-refractivity contribution in [2.45, 2.75) is 13.3 Å². The molecule has 10 heavy (non-hydrogen) atoms. The Balaban J connectivity index is 2.54. The van der Waals surface area contributed by atoms with Crippen LogP contribution in [0.4, 0.5) is 0 Å². The summed E-state index contributed by atoms with van der Waals surface area (Å²) in [4.78, 5) is 0. The predicted molar refractivity (Wildman–Crippen MR) is 44.7 cm³/mol. The summed E-state index contributed by atoms with van der Waals surface area (Å²) in [5.41, 5.74) is 1.26. The number of hydrogen-bond acceptors (Lipinski definition) is 1. The van der Waals surface area contributed by atoms with Gasteiger partial charge in [0, 0.05) is 12.2 Å². The minimum Gasteiger partial charge on any atom is -0.385 e. The van der Waals surface area contributed by atoms with Crippen LogP contribution in [0.3, 0.4) is 0 Å². The van der Waals surface area contributed by atoms with Gasteiger partial charge in [-0.3, -0.25) is 0 Å². The molecule has 0 atom stereocenters. The molecule has 1 nitrogen and oxygen atoms in total. The molecular formula is C9H13N. The molecule has 0 aromatic rings. The molecule has 0 spiro atoms. The zero-order chi connectivity index (χ0) is 7.23. The highest BCUT2D eigenvalue weighted by Gasteiger charge is 1.84. The third-order valence-corrected chi connectivity index (χ3v) is 1.44. The van der Waals surface area contributed by atoms with Crippen LogP contribution < -0.4 is 5.32 Å². The lowest BCUT2D eigenvalue weighted by atomic mass is 10.3. The molecule has 0 fully saturated rings. The fourth-order valence-corrected chi connectivity index (χ4v) is 0.841. The average molecular weight is 135 g/mol. The first-order valence-corrected chi connectivity index (χ1v) is 3.62. The van der Waals surface area contributed by atoms with E-state index in [0.717, 1.165) is 13.0 Å². The van der Waals surface area contributed by atoms with Crippen LogP contribution in [0.15, 0.2) is 36.1 Å². The normalized spacial score (nSPS) is 29.9. The van der Waals surface area contributed by atoms with Crippen LogP contribution in [0.5, 0.6) is 0 Å². The van der Waals surface area contributed by atoms with Crippen molar-refractivity contribution in [2.24, 2.45) is 0 Å². The van der Waals surface area contributed by atoms with Crippen molar-refractivity contribution in [3.63, 3.8) is 0 Å². The third-order valence-electron chi connectivity index (χ3n) is 1.44. The van der Waals surface area contributed by atoms with E-state index in [-0.39, 0.29) is 0 Å². The van der Waals surface area contributed by atoms with Crippen molar-refractivity contribution in [3.05, 3.63) is 36.1 Å². The predicted octanol–water partition coefficient (Wildman–Crippen LogP) is 2.00. The first-order chi connectivity index (χ1) is 4.89. The summed E-state index contributed by atoms with van der Waals surface area (Å²) in [5, 5.41) is 3.26. The van der Waals surface area contributed by atoms with Gasteiger partial charge in [0.2, 0.25) is 0 Å². The van der Waals surface area contributed by atoms with Gasteiger partial charge in [-0.15, -0.1) is 0 Å². The Hall–Kier alpha value is -0.980. The molecule has 0 amide bonds. The number of nitrogens with one attached hydrogen (secondary N) is 1. The summed E-state index contributed by atoms with van der Waals surface area (Å²) in [6.45, 7) is 3.03. The SMILES string of the molecule is C/C1=C/C/C=C\C=C/CN1. The van der Waals surface area contributed by atoms with Gasteiger partial charge in [-0.1, -0.05) is 30.4 Å². The second-order valence-corrected chi connectivity index (χ2v) is 2.36. The first kappa shape index (κ1) is 7.13. The molecule has 54 valence electrons. The van der Waals surface area contributed by atoms with Gasteiger partial charge in [0.25, 0.3) is 0 Å². The summed E-state index contributed by atoms with van der Waals surface area (Å²) in [6.07, 6.45) is 11.6. The average Bonchev–Trinajstić information content (AvgIpc) is 2.02. The lowest BCUT2D eigenvalue weighted by Crippen LogP contribution is -2.09. The summed E-state index contributed by atoms with van der Waals surface area (Å²) in [5.74, 6) is 0. The fraction of sp³-hybridized carbons (Fsp3) is 0.333. The smallest absolute Gasteiger partial charge is 0.0330 e. The number of rotatable bonds is 0. The minimum absolute atomic E-state index is 0.937. The molecule has 0 bridgehead atoms. The minimum atomic E-state index is 0.937. The van der Waals surface area contributed by atoms with E-state index in [1.807, 2.05) is 0 Å². The van der Waals surface area contributed by atoms with Gasteiger partial charge in [0.1, 0.15) is 0 Å². The summed E-state index contributed by atoms with van der Waals surface area (Å²) in [6, 6.07) is 0. The Bertz CT molecular complexity index is 175. The molecule has 0 saturated carbocycles. The summed E-state index contributed by atoms with van der Waals surface area (Å²) in [7, 11) is 0. The molecule has 1 aliphatic rings. The maximum Gasteiger partial charge on any atom is 0.0330 e. The van der Waals surface area contributed by atoms with E-state index >= 15 is 0 Å². The van der Waals surface area contributed by atoms with Crippen LogP contribution in [-0.4, -0.2) is 6.54 Å². The van der Waals surface area contributed by atoms with Crippen LogP contribution in [0.25, 0.3) is 0 Å². The van der Waals surface area contributed by atoms with Gasteiger partial charge in [-0.05, 0) is 13.3 Å². The highest BCUT2D eigenvalue weighted by Crippen LogP contribution is 1.94. The molecule has 1 heteroatoms.